The van der Waals surface area contributed by atoms with E-state index in [-0.39, 0.29) is 18.0 Å². The number of nitrogens with zero attached hydrogens (tertiary/aromatic N) is 3. The van der Waals surface area contributed by atoms with E-state index in [4.69, 9.17) is 9.47 Å². The normalized spacial score (nSPS) is 16.8. The third kappa shape index (κ3) is 2.74. The molecule has 0 saturated heterocycles. The zero-order valence-corrected chi connectivity index (χ0v) is 14.6. The molecule has 0 spiro atoms. The van der Waals surface area contributed by atoms with Crippen molar-refractivity contribution in [3.05, 3.63) is 80.6 Å². The van der Waals surface area contributed by atoms with Gasteiger partial charge in [0.1, 0.15) is 12.4 Å². The third-order valence-electron chi connectivity index (χ3n) is 4.19. The van der Waals surface area contributed by atoms with Gasteiger partial charge >= 0.3 is 0 Å². The SMILES string of the molecule is O=c1/c(=C/c2ccccc2F)sc2nc(C3COc4ccccc4O3)nn12. The first-order valence-electron chi connectivity index (χ1n) is 8.23. The van der Waals surface area contributed by atoms with Crippen LogP contribution in [0.3, 0.4) is 0 Å². The minimum atomic E-state index is -0.495. The Labute approximate surface area is 156 Å². The lowest BCUT2D eigenvalue weighted by Gasteiger charge is -2.24. The molecule has 1 aliphatic heterocycles. The Morgan fingerprint density at radius 3 is 2.74 bits per heavy atom. The lowest BCUT2D eigenvalue weighted by molar-refractivity contribution is 0.0852. The van der Waals surface area contributed by atoms with Crippen molar-refractivity contribution < 1.29 is 13.9 Å². The van der Waals surface area contributed by atoms with Crippen LogP contribution < -0.4 is 19.6 Å². The summed E-state index contributed by atoms with van der Waals surface area (Å²) in [6.07, 6.45) is 1.01. The van der Waals surface area contributed by atoms with Crippen LogP contribution in [-0.4, -0.2) is 21.2 Å². The third-order valence-corrected chi connectivity index (χ3v) is 5.15. The lowest BCUT2D eigenvalue weighted by Crippen LogP contribution is -2.26. The maximum atomic E-state index is 13.8. The van der Waals surface area contributed by atoms with Gasteiger partial charge in [-0.1, -0.05) is 41.7 Å². The number of ether oxygens (including phenoxy) is 2. The van der Waals surface area contributed by atoms with Crippen LogP contribution in [0.5, 0.6) is 11.5 Å². The van der Waals surface area contributed by atoms with Crippen LogP contribution in [0.1, 0.15) is 17.5 Å². The summed E-state index contributed by atoms with van der Waals surface area (Å²) in [7, 11) is 0. The van der Waals surface area contributed by atoms with Crippen LogP contribution in [-0.2, 0) is 0 Å². The zero-order chi connectivity index (χ0) is 18.4. The van der Waals surface area contributed by atoms with Crippen molar-refractivity contribution in [2.45, 2.75) is 6.10 Å². The van der Waals surface area contributed by atoms with Gasteiger partial charge in [-0.25, -0.2) is 4.39 Å². The summed E-state index contributed by atoms with van der Waals surface area (Å²) < 4.78 is 27.0. The lowest BCUT2D eigenvalue weighted by atomic mass is 10.2. The second-order valence-corrected chi connectivity index (χ2v) is 6.98. The first-order chi connectivity index (χ1) is 13.2. The molecule has 0 saturated carbocycles. The fourth-order valence-corrected chi connectivity index (χ4v) is 3.77. The van der Waals surface area contributed by atoms with Crippen LogP contribution in [0.15, 0.2) is 53.3 Å². The van der Waals surface area contributed by atoms with Gasteiger partial charge in [0, 0.05) is 5.56 Å². The molecule has 5 rings (SSSR count). The summed E-state index contributed by atoms with van der Waals surface area (Å²) in [5.74, 6) is 1.28. The van der Waals surface area contributed by atoms with Crippen LogP contribution in [0.25, 0.3) is 11.0 Å². The maximum Gasteiger partial charge on any atom is 0.291 e. The Morgan fingerprint density at radius 1 is 1.15 bits per heavy atom. The molecule has 1 aliphatic rings. The van der Waals surface area contributed by atoms with E-state index in [0.717, 1.165) is 11.3 Å². The van der Waals surface area contributed by atoms with Gasteiger partial charge in [0.2, 0.25) is 4.96 Å². The van der Waals surface area contributed by atoms with Crippen LogP contribution in [0.2, 0.25) is 0 Å². The van der Waals surface area contributed by atoms with E-state index in [1.54, 1.807) is 24.3 Å². The van der Waals surface area contributed by atoms with Crippen molar-refractivity contribution in [3.63, 3.8) is 0 Å². The predicted octanol–water partition coefficient (Wildman–Crippen LogP) is 2.35. The number of benzene rings is 2. The van der Waals surface area contributed by atoms with Gasteiger partial charge in [-0.05, 0) is 24.3 Å². The molecule has 3 heterocycles. The fourth-order valence-electron chi connectivity index (χ4n) is 2.87. The van der Waals surface area contributed by atoms with Crippen molar-refractivity contribution >= 4 is 22.4 Å². The summed E-state index contributed by atoms with van der Waals surface area (Å²) in [5, 5.41) is 4.28. The van der Waals surface area contributed by atoms with E-state index in [1.165, 1.54) is 16.7 Å². The van der Waals surface area contributed by atoms with Crippen LogP contribution in [0, 0.1) is 5.82 Å². The predicted molar refractivity (Wildman–Crippen MR) is 97.6 cm³/mol. The Hall–Kier alpha value is -3.26. The van der Waals surface area contributed by atoms with Crippen molar-refractivity contribution in [3.8, 4) is 11.5 Å². The second-order valence-electron chi connectivity index (χ2n) is 5.97. The van der Waals surface area contributed by atoms with E-state index < -0.39 is 6.10 Å². The van der Waals surface area contributed by atoms with Gasteiger partial charge in [0.25, 0.3) is 5.56 Å². The number of rotatable bonds is 2. The number of thiazole rings is 1. The molecular formula is C19H12FN3O3S. The molecule has 8 heteroatoms. The number of aromatic nitrogens is 3. The quantitative estimate of drug-likeness (QED) is 0.533. The molecular weight excluding hydrogens is 369 g/mol. The molecule has 4 aromatic rings. The second kappa shape index (κ2) is 6.17. The van der Waals surface area contributed by atoms with Gasteiger partial charge in [0.05, 0.1) is 4.53 Å². The number of halogens is 1. The Bertz CT molecular complexity index is 1270. The highest BCUT2D eigenvalue weighted by molar-refractivity contribution is 7.15. The van der Waals surface area contributed by atoms with Crippen molar-refractivity contribution in [2.75, 3.05) is 6.61 Å². The summed E-state index contributed by atoms with van der Waals surface area (Å²) in [5.41, 5.74) is 0.00841. The van der Waals surface area contributed by atoms with Gasteiger partial charge < -0.3 is 9.47 Å². The number of fused-ring (bicyclic) bond motifs is 2. The standard InChI is InChI=1S/C19H12FN3O3S/c20-12-6-2-1-5-11(12)9-16-18(24)23-19(27-16)21-17(22-23)15-10-25-13-7-3-4-8-14(13)26-15/h1-9,15H,10H2/b16-9-. The van der Waals surface area contributed by atoms with E-state index >= 15 is 0 Å². The molecule has 134 valence electrons. The highest BCUT2D eigenvalue weighted by Crippen LogP contribution is 2.35. The van der Waals surface area contributed by atoms with Crippen molar-refractivity contribution in [1.82, 2.24) is 14.6 Å². The minimum absolute atomic E-state index is 0.261. The molecule has 6 nitrogen and oxygen atoms in total. The number of hydrogen-bond acceptors (Lipinski definition) is 6. The zero-order valence-electron chi connectivity index (χ0n) is 13.8. The maximum absolute atomic E-state index is 13.8. The molecule has 0 radical (unpaired) electrons. The minimum Gasteiger partial charge on any atom is -0.485 e. The van der Waals surface area contributed by atoms with Gasteiger partial charge in [-0.2, -0.15) is 9.50 Å². The molecule has 0 aliphatic carbocycles. The van der Waals surface area contributed by atoms with Crippen LogP contribution >= 0.6 is 11.3 Å². The smallest absolute Gasteiger partial charge is 0.291 e. The van der Waals surface area contributed by atoms with Gasteiger partial charge in [0.15, 0.2) is 23.4 Å². The molecule has 0 bridgehead atoms. The molecule has 2 aromatic heterocycles. The Balaban J connectivity index is 1.52. The molecule has 2 aromatic carbocycles. The highest BCUT2D eigenvalue weighted by Gasteiger charge is 2.27. The topological polar surface area (TPSA) is 65.7 Å². The number of para-hydroxylation sites is 2. The summed E-state index contributed by atoms with van der Waals surface area (Å²) in [6.45, 7) is 0.261. The molecule has 0 fully saturated rings. The largest absolute Gasteiger partial charge is 0.485 e. The summed E-state index contributed by atoms with van der Waals surface area (Å²) in [4.78, 5) is 17.4. The Morgan fingerprint density at radius 2 is 1.93 bits per heavy atom. The molecule has 1 atom stereocenters. The average Bonchev–Trinajstić information content (AvgIpc) is 3.23. The van der Waals surface area contributed by atoms with Crippen molar-refractivity contribution in [2.24, 2.45) is 0 Å². The summed E-state index contributed by atoms with van der Waals surface area (Å²) in [6, 6.07) is 13.6. The summed E-state index contributed by atoms with van der Waals surface area (Å²) >= 11 is 1.16. The van der Waals surface area contributed by atoms with E-state index in [0.29, 0.717) is 32.4 Å². The fraction of sp³-hybridized carbons (Fsp3) is 0.105. The van der Waals surface area contributed by atoms with E-state index in [1.807, 2.05) is 18.2 Å². The first-order valence-corrected chi connectivity index (χ1v) is 9.05. The van der Waals surface area contributed by atoms with Crippen LogP contribution in [0.4, 0.5) is 4.39 Å². The van der Waals surface area contributed by atoms with Gasteiger partial charge in [-0.15, -0.1) is 5.10 Å². The first kappa shape index (κ1) is 16.0. The van der Waals surface area contributed by atoms with Gasteiger partial charge in [-0.3, -0.25) is 4.79 Å². The van der Waals surface area contributed by atoms with E-state index in [2.05, 4.69) is 10.1 Å². The molecule has 1 unspecified atom stereocenters. The molecule has 27 heavy (non-hydrogen) atoms. The Kier molecular flexibility index (Phi) is 3.64. The van der Waals surface area contributed by atoms with E-state index in [9.17, 15) is 9.18 Å². The number of hydrogen-bond donors (Lipinski definition) is 0. The molecule has 0 N–H and O–H groups in total. The monoisotopic (exact) mass is 381 g/mol. The molecule has 0 amide bonds. The highest BCUT2D eigenvalue weighted by atomic mass is 32.1. The average molecular weight is 381 g/mol. The van der Waals surface area contributed by atoms with Crippen molar-refractivity contribution in [1.29, 1.82) is 0 Å².